The van der Waals surface area contributed by atoms with Crippen LogP contribution in [0.1, 0.15) is 42.9 Å². The third kappa shape index (κ3) is 4.80. The number of carbonyl (C=O) groups is 1. The van der Waals surface area contributed by atoms with Gasteiger partial charge in [0.25, 0.3) is 11.5 Å². The monoisotopic (exact) mass is 481 g/mol. The van der Waals surface area contributed by atoms with Gasteiger partial charge in [0.2, 0.25) is 5.95 Å². The fraction of sp³-hybridized carbons (Fsp3) is 0.250. The molecule has 1 aromatic carbocycles. The summed E-state index contributed by atoms with van der Waals surface area (Å²) < 4.78 is 1.60. The second-order valence-corrected chi connectivity index (χ2v) is 8.08. The lowest BCUT2D eigenvalue weighted by Gasteiger charge is -2.23. The first-order valence-electron chi connectivity index (χ1n) is 10.7. The Kier molecular flexibility index (Phi) is 7.70. The molecule has 178 valence electrons. The number of benzene rings is 1. The zero-order chi connectivity index (χ0) is 25.0. The van der Waals surface area contributed by atoms with E-state index in [2.05, 4.69) is 15.3 Å². The van der Waals surface area contributed by atoms with Gasteiger partial charge in [-0.15, -0.1) is 0 Å². The van der Waals surface area contributed by atoms with Crippen LogP contribution < -0.4 is 22.3 Å². The number of halogens is 1. The quantitative estimate of drug-likeness (QED) is 0.346. The molecule has 3 rings (SSSR count). The van der Waals surface area contributed by atoms with Crippen LogP contribution in [0, 0.1) is 0 Å². The molecule has 1 unspecified atom stereocenters. The number of allylic oxidation sites excluding steroid dienone is 4. The molecule has 0 aliphatic heterocycles. The third-order valence-corrected chi connectivity index (χ3v) is 5.69. The molecule has 0 radical (unpaired) electrons. The van der Waals surface area contributed by atoms with E-state index in [4.69, 9.17) is 23.1 Å². The van der Waals surface area contributed by atoms with Crippen molar-refractivity contribution in [2.75, 3.05) is 24.8 Å². The SMILES string of the molecule is C/C=C\C(=C/C)n1c(C(C)Nc2nc(N)ncc2C(=O)N(C)CN)cc2cccc(Cl)c2c1=O. The molecule has 5 N–H and O–H groups in total. The van der Waals surface area contributed by atoms with Crippen LogP contribution in [0.4, 0.5) is 11.8 Å². The summed E-state index contributed by atoms with van der Waals surface area (Å²) in [5, 5.41) is 4.74. The standard InChI is InChI=1S/C24H28ClN7O2/c1-5-8-16(6-2)32-19(11-15-9-7-10-18(25)20(15)23(32)34)14(3)29-21-17(12-28-24(27)30-21)22(33)31(4)13-26/h5-12,14H,13,26H2,1-4H3,(H3,27,28,29,30)/b8-5-,16-6+. The lowest BCUT2D eigenvalue weighted by Crippen LogP contribution is -2.33. The van der Waals surface area contributed by atoms with Crippen LogP contribution in [0.2, 0.25) is 5.02 Å². The van der Waals surface area contributed by atoms with Gasteiger partial charge in [-0.05, 0) is 44.4 Å². The average Bonchev–Trinajstić information content (AvgIpc) is 2.81. The van der Waals surface area contributed by atoms with Crippen molar-refractivity contribution in [3.63, 3.8) is 0 Å². The van der Waals surface area contributed by atoms with Crippen LogP contribution >= 0.6 is 11.6 Å². The Bertz CT molecular complexity index is 1350. The molecule has 0 aliphatic carbocycles. The molecule has 10 heteroatoms. The highest BCUT2D eigenvalue weighted by Crippen LogP contribution is 2.28. The summed E-state index contributed by atoms with van der Waals surface area (Å²) in [6, 6.07) is 6.76. The number of nitrogens with zero attached hydrogens (tertiary/aromatic N) is 4. The number of nitrogens with two attached hydrogens (primary N) is 2. The fourth-order valence-corrected chi connectivity index (χ4v) is 3.89. The van der Waals surface area contributed by atoms with Crippen LogP contribution in [0.25, 0.3) is 16.5 Å². The number of hydrogen-bond donors (Lipinski definition) is 3. The second-order valence-electron chi connectivity index (χ2n) is 7.67. The summed E-state index contributed by atoms with van der Waals surface area (Å²) in [7, 11) is 1.58. The minimum atomic E-state index is -0.458. The number of aromatic nitrogens is 3. The predicted molar refractivity (Wildman–Crippen MR) is 138 cm³/mol. The van der Waals surface area contributed by atoms with Gasteiger partial charge in [0.15, 0.2) is 0 Å². The van der Waals surface area contributed by atoms with Crippen molar-refractivity contribution >= 4 is 45.7 Å². The summed E-state index contributed by atoms with van der Waals surface area (Å²) in [4.78, 5) is 35.9. The molecule has 0 bridgehead atoms. The Labute approximate surface area is 202 Å². The molecule has 3 aromatic rings. The number of nitrogens with one attached hydrogen (secondary N) is 1. The smallest absolute Gasteiger partial charge is 0.264 e. The predicted octanol–water partition coefficient (Wildman–Crippen LogP) is 3.63. The first kappa shape index (κ1) is 24.9. The van der Waals surface area contributed by atoms with Gasteiger partial charge in [-0.2, -0.15) is 4.98 Å². The van der Waals surface area contributed by atoms with Crippen LogP contribution in [-0.4, -0.2) is 39.1 Å². The molecule has 34 heavy (non-hydrogen) atoms. The zero-order valence-electron chi connectivity index (χ0n) is 19.5. The van der Waals surface area contributed by atoms with E-state index in [0.29, 0.717) is 27.2 Å². The van der Waals surface area contributed by atoms with Gasteiger partial charge in [0.1, 0.15) is 11.4 Å². The number of carbonyl (C=O) groups excluding carboxylic acids is 1. The lowest BCUT2D eigenvalue weighted by atomic mass is 10.1. The van der Waals surface area contributed by atoms with Crippen LogP contribution in [0.15, 0.2) is 53.5 Å². The van der Waals surface area contributed by atoms with Gasteiger partial charge in [-0.3, -0.25) is 14.2 Å². The Morgan fingerprint density at radius 2 is 2.09 bits per heavy atom. The van der Waals surface area contributed by atoms with Gasteiger partial charge < -0.3 is 21.7 Å². The molecule has 2 aromatic heterocycles. The fourth-order valence-electron chi connectivity index (χ4n) is 3.62. The summed E-state index contributed by atoms with van der Waals surface area (Å²) in [5.74, 6) is -0.112. The number of rotatable bonds is 7. The lowest BCUT2D eigenvalue weighted by molar-refractivity contribution is 0.0799. The van der Waals surface area contributed by atoms with Crippen LogP contribution in [0.5, 0.6) is 0 Å². The highest BCUT2D eigenvalue weighted by molar-refractivity contribution is 6.35. The molecule has 2 heterocycles. The number of pyridine rings is 1. The first-order chi connectivity index (χ1) is 16.2. The van der Waals surface area contributed by atoms with E-state index in [1.165, 1.54) is 11.1 Å². The average molecular weight is 482 g/mol. The van der Waals surface area contributed by atoms with Crippen molar-refractivity contribution in [3.8, 4) is 0 Å². The van der Waals surface area contributed by atoms with E-state index in [1.54, 1.807) is 23.7 Å². The first-order valence-corrected chi connectivity index (χ1v) is 11.1. The molecule has 1 atom stereocenters. The molecular formula is C24H28ClN7O2. The van der Waals surface area contributed by atoms with Crippen LogP contribution in [0.3, 0.4) is 0 Å². The topological polar surface area (TPSA) is 132 Å². The van der Waals surface area contributed by atoms with E-state index in [1.807, 2.05) is 51.1 Å². The van der Waals surface area contributed by atoms with Crippen molar-refractivity contribution < 1.29 is 4.79 Å². The number of amides is 1. The minimum Gasteiger partial charge on any atom is -0.368 e. The van der Waals surface area contributed by atoms with E-state index >= 15 is 0 Å². The minimum absolute atomic E-state index is 0.00685. The Morgan fingerprint density at radius 3 is 2.74 bits per heavy atom. The van der Waals surface area contributed by atoms with Gasteiger partial charge >= 0.3 is 0 Å². The van der Waals surface area contributed by atoms with E-state index in [0.717, 1.165) is 0 Å². The molecular weight excluding hydrogens is 454 g/mol. The summed E-state index contributed by atoms with van der Waals surface area (Å²) >= 11 is 6.39. The maximum absolute atomic E-state index is 13.6. The van der Waals surface area contributed by atoms with E-state index in [-0.39, 0.29) is 35.5 Å². The maximum Gasteiger partial charge on any atom is 0.264 e. The molecule has 0 saturated heterocycles. The second kappa shape index (κ2) is 10.5. The Balaban J connectivity index is 2.21. The van der Waals surface area contributed by atoms with Crippen molar-refractivity contribution in [3.05, 3.63) is 75.3 Å². The van der Waals surface area contributed by atoms with E-state index < -0.39 is 6.04 Å². The summed E-state index contributed by atoms with van der Waals surface area (Å²) in [5.41, 5.74) is 12.7. The molecule has 1 amide bonds. The summed E-state index contributed by atoms with van der Waals surface area (Å²) in [6.45, 7) is 5.62. The normalized spacial score (nSPS) is 12.8. The van der Waals surface area contributed by atoms with Crippen molar-refractivity contribution in [2.45, 2.75) is 26.8 Å². The third-order valence-electron chi connectivity index (χ3n) is 5.37. The van der Waals surface area contributed by atoms with Gasteiger partial charge in [0, 0.05) is 24.6 Å². The van der Waals surface area contributed by atoms with Gasteiger partial charge in [0.05, 0.1) is 23.1 Å². The Morgan fingerprint density at radius 1 is 1.35 bits per heavy atom. The van der Waals surface area contributed by atoms with Gasteiger partial charge in [-0.25, -0.2) is 4.98 Å². The summed E-state index contributed by atoms with van der Waals surface area (Å²) in [6.07, 6.45) is 6.89. The molecule has 0 aliphatic rings. The maximum atomic E-state index is 13.6. The van der Waals surface area contributed by atoms with Crippen LogP contribution in [-0.2, 0) is 0 Å². The molecule has 0 saturated carbocycles. The van der Waals surface area contributed by atoms with Crippen molar-refractivity contribution in [1.29, 1.82) is 0 Å². The number of anilines is 2. The highest BCUT2D eigenvalue weighted by Gasteiger charge is 2.22. The van der Waals surface area contributed by atoms with Crippen molar-refractivity contribution in [1.82, 2.24) is 19.4 Å². The largest absolute Gasteiger partial charge is 0.368 e. The zero-order valence-corrected chi connectivity index (χ0v) is 20.3. The molecule has 0 fully saturated rings. The van der Waals surface area contributed by atoms with E-state index in [9.17, 15) is 9.59 Å². The number of hydrogen-bond acceptors (Lipinski definition) is 7. The van der Waals surface area contributed by atoms with Gasteiger partial charge in [-0.1, -0.05) is 35.9 Å². The molecule has 9 nitrogen and oxygen atoms in total. The Hall–Kier alpha value is -3.69. The highest BCUT2D eigenvalue weighted by atomic mass is 35.5. The number of nitrogen functional groups attached to an aromatic ring is 1. The molecule has 0 spiro atoms. The van der Waals surface area contributed by atoms with Crippen molar-refractivity contribution in [2.24, 2.45) is 5.73 Å². The number of fused-ring (bicyclic) bond motifs is 1.